The standard InChI is InChI=1S/C22H24N2O2/c1-24-10-8-15(9-11-24)18-5-6-20-19(18)12-17(14-23-20)16-4-7-21(25-2)22(13-16)26-3/h4-5,7-8,12-14H,6,9-11H2,1-3H3. The van der Waals surface area contributed by atoms with Gasteiger partial charge in [0.25, 0.3) is 0 Å². The van der Waals surface area contributed by atoms with Gasteiger partial charge in [0.15, 0.2) is 11.5 Å². The lowest BCUT2D eigenvalue weighted by Gasteiger charge is -2.23. The van der Waals surface area contributed by atoms with Gasteiger partial charge in [-0.25, -0.2) is 0 Å². The number of nitrogens with zero attached hydrogens (tertiary/aromatic N) is 2. The van der Waals surface area contributed by atoms with E-state index in [0.717, 1.165) is 48.6 Å². The highest BCUT2D eigenvalue weighted by Gasteiger charge is 2.21. The van der Waals surface area contributed by atoms with Crippen molar-refractivity contribution in [1.29, 1.82) is 0 Å². The largest absolute Gasteiger partial charge is 0.493 e. The van der Waals surface area contributed by atoms with Crippen LogP contribution in [0.2, 0.25) is 0 Å². The first-order chi connectivity index (χ1) is 12.7. The number of rotatable bonds is 4. The number of hydrogen-bond acceptors (Lipinski definition) is 4. The molecule has 0 amide bonds. The predicted molar refractivity (Wildman–Crippen MR) is 105 cm³/mol. The van der Waals surface area contributed by atoms with Gasteiger partial charge in [-0.3, -0.25) is 4.98 Å². The lowest BCUT2D eigenvalue weighted by molar-refractivity contribution is 0.355. The molecule has 0 atom stereocenters. The van der Waals surface area contributed by atoms with Crippen LogP contribution in [0.3, 0.4) is 0 Å². The van der Waals surface area contributed by atoms with Crippen LogP contribution >= 0.6 is 0 Å². The van der Waals surface area contributed by atoms with Crippen LogP contribution in [-0.2, 0) is 6.42 Å². The Hall–Kier alpha value is -2.59. The molecule has 0 saturated carbocycles. The molecule has 0 spiro atoms. The molecule has 0 N–H and O–H groups in total. The minimum atomic E-state index is 0.735. The molecule has 4 heteroatoms. The van der Waals surface area contributed by atoms with Crippen molar-refractivity contribution in [2.24, 2.45) is 0 Å². The number of benzene rings is 1. The maximum Gasteiger partial charge on any atom is 0.161 e. The van der Waals surface area contributed by atoms with E-state index < -0.39 is 0 Å². The van der Waals surface area contributed by atoms with Crippen LogP contribution in [0.4, 0.5) is 0 Å². The molecule has 0 radical (unpaired) electrons. The average Bonchev–Trinajstić information content (AvgIpc) is 3.11. The van der Waals surface area contributed by atoms with Gasteiger partial charge in [-0.2, -0.15) is 0 Å². The van der Waals surface area contributed by atoms with Crippen molar-refractivity contribution in [1.82, 2.24) is 9.88 Å². The zero-order chi connectivity index (χ0) is 18.1. The second-order valence-electron chi connectivity index (χ2n) is 6.85. The smallest absolute Gasteiger partial charge is 0.161 e. The maximum absolute atomic E-state index is 5.45. The first-order valence-electron chi connectivity index (χ1n) is 8.99. The van der Waals surface area contributed by atoms with Gasteiger partial charge in [0.2, 0.25) is 0 Å². The van der Waals surface area contributed by atoms with Crippen molar-refractivity contribution in [3.8, 4) is 22.6 Å². The Morgan fingerprint density at radius 1 is 1.00 bits per heavy atom. The van der Waals surface area contributed by atoms with Gasteiger partial charge in [-0.1, -0.05) is 18.2 Å². The van der Waals surface area contributed by atoms with Crippen LogP contribution in [0.1, 0.15) is 17.7 Å². The molecule has 0 fully saturated rings. The van der Waals surface area contributed by atoms with E-state index in [2.05, 4.69) is 36.2 Å². The molecule has 4 rings (SSSR count). The second kappa shape index (κ2) is 6.96. The van der Waals surface area contributed by atoms with Gasteiger partial charge < -0.3 is 14.4 Å². The molecule has 1 aromatic heterocycles. The summed E-state index contributed by atoms with van der Waals surface area (Å²) in [5.74, 6) is 1.47. The highest BCUT2D eigenvalue weighted by atomic mass is 16.5. The molecule has 26 heavy (non-hydrogen) atoms. The number of allylic oxidation sites excluding steroid dienone is 2. The number of likely N-dealkylation sites (N-methyl/N-ethyl adjacent to an activating group) is 1. The summed E-state index contributed by atoms with van der Waals surface area (Å²) in [6.45, 7) is 2.13. The molecule has 2 aromatic rings. The zero-order valence-electron chi connectivity index (χ0n) is 15.6. The van der Waals surface area contributed by atoms with Crippen molar-refractivity contribution in [2.45, 2.75) is 12.8 Å². The van der Waals surface area contributed by atoms with E-state index in [4.69, 9.17) is 14.5 Å². The summed E-state index contributed by atoms with van der Waals surface area (Å²) in [7, 11) is 5.48. The number of fused-ring (bicyclic) bond motifs is 1. The molecule has 2 heterocycles. The third-order valence-electron chi connectivity index (χ3n) is 5.23. The lowest BCUT2D eigenvalue weighted by atomic mass is 9.94. The summed E-state index contributed by atoms with van der Waals surface area (Å²) >= 11 is 0. The number of ether oxygens (including phenoxy) is 2. The second-order valence-corrected chi connectivity index (χ2v) is 6.85. The molecular formula is C22H24N2O2. The normalized spacial score (nSPS) is 16.7. The van der Waals surface area contributed by atoms with E-state index in [-0.39, 0.29) is 0 Å². The average molecular weight is 348 g/mol. The monoisotopic (exact) mass is 348 g/mol. The molecule has 0 saturated heterocycles. The van der Waals surface area contributed by atoms with E-state index in [1.165, 1.54) is 22.4 Å². The minimum absolute atomic E-state index is 0.735. The summed E-state index contributed by atoms with van der Waals surface area (Å²) in [5.41, 5.74) is 7.45. The van der Waals surface area contributed by atoms with Crippen molar-refractivity contribution in [2.75, 3.05) is 34.4 Å². The first-order valence-corrected chi connectivity index (χ1v) is 8.99. The van der Waals surface area contributed by atoms with Crippen molar-refractivity contribution < 1.29 is 9.47 Å². The zero-order valence-corrected chi connectivity index (χ0v) is 15.6. The van der Waals surface area contributed by atoms with Crippen LogP contribution in [0.25, 0.3) is 16.7 Å². The Bertz CT molecular complexity index is 899. The van der Waals surface area contributed by atoms with Crippen LogP contribution in [0.15, 0.2) is 48.2 Å². The minimum Gasteiger partial charge on any atom is -0.493 e. The van der Waals surface area contributed by atoms with Crippen molar-refractivity contribution >= 4 is 5.57 Å². The van der Waals surface area contributed by atoms with Crippen molar-refractivity contribution in [3.63, 3.8) is 0 Å². The summed E-state index contributed by atoms with van der Waals surface area (Å²) in [5, 5.41) is 0. The fourth-order valence-corrected chi connectivity index (χ4v) is 3.69. The SMILES string of the molecule is COc1ccc(-c2cnc3c(c2)C(C2=CCN(C)CC2)=CC3)cc1OC. The van der Waals surface area contributed by atoms with Crippen LogP contribution < -0.4 is 9.47 Å². The summed E-state index contributed by atoms with van der Waals surface area (Å²) in [6.07, 6.45) is 8.66. The molecule has 1 aliphatic heterocycles. The van der Waals surface area contributed by atoms with E-state index in [1.807, 2.05) is 18.3 Å². The van der Waals surface area contributed by atoms with E-state index in [1.54, 1.807) is 14.2 Å². The Morgan fingerprint density at radius 3 is 2.58 bits per heavy atom. The number of aromatic nitrogens is 1. The third kappa shape index (κ3) is 3.01. The van der Waals surface area contributed by atoms with Gasteiger partial charge >= 0.3 is 0 Å². The van der Waals surface area contributed by atoms with Crippen LogP contribution in [0, 0.1) is 0 Å². The van der Waals surface area contributed by atoms with Gasteiger partial charge in [-0.15, -0.1) is 0 Å². The first kappa shape index (κ1) is 16.9. The molecule has 134 valence electrons. The van der Waals surface area contributed by atoms with Gasteiger partial charge in [0.1, 0.15) is 0 Å². The Labute approximate surface area is 154 Å². The molecule has 1 aliphatic carbocycles. The molecule has 0 unspecified atom stereocenters. The highest BCUT2D eigenvalue weighted by Crippen LogP contribution is 2.38. The summed E-state index contributed by atoms with van der Waals surface area (Å²) < 4.78 is 10.8. The van der Waals surface area contributed by atoms with Gasteiger partial charge in [0.05, 0.1) is 19.9 Å². The highest BCUT2D eigenvalue weighted by molar-refractivity contribution is 5.85. The Kier molecular flexibility index (Phi) is 4.51. The van der Waals surface area contributed by atoms with E-state index in [0.29, 0.717) is 0 Å². The van der Waals surface area contributed by atoms with Crippen molar-refractivity contribution in [3.05, 3.63) is 59.4 Å². The predicted octanol–water partition coefficient (Wildman–Crippen LogP) is 3.97. The third-order valence-corrected chi connectivity index (χ3v) is 5.23. The molecule has 1 aromatic carbocycles. The number of pyridine rings is 1. The topological polar surface area (TPSA) is 34.6 Å². The fourth-order valence-electron chi connectivity index (χ4n) is 3.69. The lowest BCUT2D eigenvalue weighted by Crippen LogP contribution is -2.24. The summed E-state index contributed by atoms with van der Waals surface area (Å²) in [6, 6.07) is 8.27. The maximum atomic E-state index is 5.45. The van der Waals surface area contributed by atoms with E-state index >= 15 is 0 Å². The number of hydrogen-bond donors (Lipinski definition) is 0. The molecule has 0 bridgehead atoms. The molecular weight excluding hydrogens is 324 g/mol. The van der Waals surface area contributed by atoms with Crippen LogP contribution in [0.5, 0.6) is 11.5 Å². The van der Waals surface area contributed by atoms with Gasteiger partial charge in [0, 0.05) is 36.8 Å². The quantitative estimate of drug-likeness (QED) is 0.837. The van der Waals surface area contributed by atoms with E-state index in [9.17, 15) is 0 Å². The Morgan fingerprint density at radius 2 is 1.85 bits per heavy atom. The van der Waals surface area contributed by atoms with Gasteiger partial charge in [-0.05, 0) is 48.4 Å². The molecule has 4 nitrogen and oxygen atoms in total. The fraction of sp³-hybridized carbons (Fsp3) is 0.318. The number of methoxy groups -OCH3 is 2. The Balaban J connectivity index is 1.70. The molecule has 2 aliphatic rings. The summed E-state index contributed by atoms with van der Waals surface area (Å²) in [4.78, 5) is 7.08. The van der Waals surface area contributed by atoms with Crippen LogP contribution in [-0.4, -0.2) is 44.2 Å².